The second kappa shape index (κ2) is 9.23. The predicted molar refractivity (Wildman–Crippen MR) is 132 cm³/mol. The number of sulfonamides is 1. The molecule has 0 atom stereocenters. The highest BCUT2D eigenvalue weighted by Gasteiger charge is 2.29. The van der Waals surface area contributed by atoms with Crippen LogP contribution in [0.1, 0.15) is 16.7 Å². The van der Waals surface area contributed by atoms with Gasteiger partial charge in [-0.25, -0.2) is 8.42 Å². The number of hydrogen-bond acceptors (Lipinski definition) is 2. The number of aryl methyl sites for hydroxylation is 3. The van der Waals surface area contributed by atoms with E-state index in [1.165, 1.54) is 0 Å². The Balaban J connectivity index is 1.84. The molecule has 0 aromatic heterocycles. The summed E-state index contributed by atoms with van der Waals surface area (Å²) in [6, 6.07) is 31.6. The molecule has 4 aromatic rings. The minimum atomic E-state index is -3.88. The molecule has 0 unspecified atom stereocenters. The van der Waals surface area contributed by atoms with Crippen LogP contribution in [0.3, 0.4) is 0 Å². The van der Waals surface area contributed by atoms with Crippen LogP contribution < -0.4 is 0 Å². The van der Waals surface area contributed by atoms with Crippen molar-refractivity contribution in [2.24, 2.45) is 0 Å². The third kappa shape index (κ3) is 4.59. The maximum atomic E-state index is 13.4. The van der Waals surface area contributed by atoms with Crippen molar-refractivity contribution in [3.63, 3.8) is 0 Å². The Morgan fingerprint density at radius 2 is 1.12 bits per heavy atom. The van der Waals surface area contributed by atoms with Gasteiger partial charge in [0.1, 0.15) is 10.0 Å². The van der Waals surface area contributed by atoms with E-state index in [2.05, 4.69) is 29.0 Å². The van der Waals surface area contributed by atoms with Crippen LogP contribution >= 0.6 is 0 Å². The van der Waals surface area contributed by atoms with Crippen LogP contribution in [-0.2, 0) is 20.9 Å². The van der Waals surface area contributed by atoms with Gasteiger partial charge in [-0.1, -0.05) is 78.0 Å². The molecule has 3 nitrogen and oxygen atoms in total. The Hall–Kier alpha value is -3.02. The van der Waals surface area contributed by atoms with Gasteiger partial charge in [-0.3, -0.25) is 0 Å². The molecule has 4 aromatic carbocycles. The molecule has 0 heterocycles. The smallest absolute Gasteiger partial charge is 0.166 e. The molecule has 0 N–H and O–H groups in total. The van der Waals surface area contributed by atoms with Crippen molar-refractivity contribution in [3.8, 4) is 0 Å². The maximum Gasteiger partial charge on any atom is 0.166 e. The summed E-state index contributed by atoms with van der Waals surface area (Å²) < 4.78 is 31.2. The van der Waals surface area contributed by atoms with E-state index in [1.54, 1.807) is 6.07 Å². The van der Waals surface area contributed by atoms with E-state index in [-0.39, 0.29) is 4.90 Å². The lowest BCUT2D eigenvalue weighted by Crippen LogP contribution is -2.08. The average Bonchev–Trinajstić information content (AvgIpc) is 2.75. The van der Waals surface area contributed by atoms with Crippen LogP contribution in [0.5, 0.6) is 0 Å². The van der Waals surface area contributed by atoms with E-state index in [0.717, 1.165) is 20.2 Å². The number of benzene rings is 4. The number of hydrogen-bond donors (Lipinski definition) is 0. The monoisotopic (exact) mass is 459 g/mol. The first-order valence-electron chi connectivity index (χ1n) is 10.4. The highest BCUT2D eigenvalue weighted by molar-refractivity contribution is 7.97. The van der Waals surface area contributed by atoms with Crippen molar-refractivity contribution >= 4 is 26.6 Å². The Labute approximate surface area is 193 Å². The standard InChI is InChI=1S/C27H25NO2S2/c1-20-18-21(2)27(22(3)19-20)32(29,30)28-25-16-10-11-17-26(25)31(23-12-6-4-7-13-23)24-14-8-5-9-15-24/h4-19H,1-3H3. The molecule has 162 valence electrons. The van der Waals surface area contributed by atoms with Crippen molar-refractivity contribution in [2.45, 2.75) is 40.4 Å². The molecule has 0 fully saturated rings. The zero-order valence-electron chi connectivity index (χ0n) is 18.3. The molecule has 0 aliphatic carbocycles. The van der Waals surface area contributed by atoms with Crippen molar-refractivity contribution in [1.29, 1.82) is 0 Å². The lowest BCUT2D eigenvalue weighted by Gasteiger charge is -2.26. The largest absolute Gasteiger partial charge is 0.569 e. The van der Waals surface area contributed by atoms with Gasteiger partial charge in [0.15, 0.2) is 14.7 Å². The van der Waals surface area contributed by atoms with E-state index < -0.39 is 20.9 Å². The van der Waals surface area contributed by atoms with Crippen molar-refractivity contribution in [3.05, 3.63) is 118 Å². The molecule has 0 aliphatic heterocycles. The molecule has 0 bridgehead atoms. The first-order chi connectivity index (χ1) is 15.4. The molecular formula is C27H25NO2S2. The van der Waals surface area contributed by atoms with E-state index >= 15 is 0 Å². The molecular weight excluding hydrogens is 434 g/mol. The van der Waals surface area contributed by atoms with Gasteiger partial charge in [-0.05, 0) is 62.2 Å². The first kappa shape index (κ1) is 22.2. The number of rotatable bonds is 6. The van der Waals surface area contributed by atoms with Gasteiger partial charge in [0.05, 0.1) is 15.8 Å². The second-order valence-electron chi connectivity index (χ2n) is 7.69. The molecule has 0 aliphatic rings. The van der Waals surface area contributed by atoms with Crippen molar-refractivity contribution < 1.29 is 8.42 Å². The highest BCUT2D eigenvalue weighted by atomic mass is 32.2. The maximum absolute atomic E-state index is 13.4. The molecule has 0 amide bonds. The van der Waals surface area contributed by atoms with Crippen molar-refractivity contribution in [2.75, 3.05) is 0 Å². The minimum Gasteiger partial charge on any atom is -0.569 e. The Morgan fingerprint density at radius 1 is 0.656 bits per heavy atom. The van der Waals surface area contributed by atoms with Crippen LogP contribution in [0.2, 0.25) is 0 Å². The molecule has 0 saturated heterocycles. The third-order valence-corrected chi connectivity index (χ3v) is 8.99. The first-order valence-corrected chi connectivity index (χ1v) is 13.0. The molecule has 4 rings (SSSR count). The molecule has 0 spiro atoms. The van der Waals surface area contributed by atoms with Crippen molar-refractivity contribution in [1.82, 2.24) is 0 Å². The van der Waals surface area contributed by atoms with Gasteiger partial charge in [0.2, 0.25) is 0 Å². The zero-order valence-corrected chi connectivity index (χ0v) is 20.0. The van der Waals surface area contributed by atoms with Gasteiger partial charge in [0.25, 0.3) is 0 Å². The lowest BCUT2D eigenvalue weighted by molar-refractivity contribution is 0.602. The quantitative estimate of drug-likeness (QED) is 0.289. The van der Waals surface area contributed by atoms with Gasteiger partial charge >= 0.3 is 0 Å². The highest BCUT2D eigenvalue weighted by Crippen LogP contribution is 2.41. The average molecular weight is 460 g/mol. The Bertz CT molecular complexity index is 1270. The minimum absolute atomic E-state index is 0.289. The predicted octanol–water partition coefficient (Wildman–Crippen LogP) is 7.10. The molecule has 32 heavy (non-hydrogen) atoms. The van der Waals surface area contributed by atoms with Gasteiger partial charge in [-0.2, -0.15) is 0 Å². The van der Waals surface area contributed by atoms with Crippen LogP contribution in [0, 0.1) is 20.8 Å². The van der Waals surface area contributed by atoms with Crippen LogP contribution in [0.15, 0.2) is 117 Å². The molecule has 5 heteroatoms. The van der Waals surface area contributed by atoms with Gasteiger partial charge in [-0.15, -0.1) is 0 Å². The van der Waals surface area contributed by atoms with Gasteiger partial charge < -0.3 is 4.72 Å². The fourth-order valence-corrected chi connectivity index (χ4v) is 7.63. The summed E-state index contributed by atoms with van der Waals surface area (Å²) in [6.45, 7) is 5.62. The zero-order chi connectivity index (χ0) is 22.7. The fraction of sp³-hybridized carbons (Fsp3) is 0.111. The summed E-state index contributed by atoms with van der Waals surface area (Å²) in [5.74, 6) is 0. The number of nitrogens with zero attached hydrogens (tertiary/aromatic N) is 1. The van der Waals surface area contributed by atoms with Crippen LogP contribution in [-0.4, -0.2) is 8.42 Å². The summed E-state index contributed by atoms with van der Waals surface area (Å²) in [7, 11) is -4.37. The summed E-state index contributed by atoms with van der Waals surface area (Å²) in [5, 5.41) is 0. The van der Waals surface area contributed by atoms with Crippen LogP contribution in [0.4, 0.5) is 5.69 Å². The van der Waals surface area contributed by atoms with Crippen LogP contribution in [0.25, 0.3) is 4.72 Å². The SMILES string of the molecule is Cc1cc(C)c(S(=O)(=O)[N-]c2ccccc2[S+](c2ccccc2)c2ccccc2)c(C)c1. The molecule has 0 saturated carbocycles. The molecule has 0 radical (unpaired) electrons. The fourth-order valence-electron chi connectivity index (χ4n) is 3.96. The lowest BCUT2D eigenvalue weighted by atomic mass is 10.1. The topological polar surface area (TPSA) is 48.2 Å². The van der Waals surface area contributed by atoms with E-state index in [0.29, 0.717) is 16.8 Å². The summed E-state index contributed by atoms with van der Waals surface area (Å²) in [5.41, 5.74) is 2.94. The Kier molecular flexibility index (Phi) is 6.40. The van der Waals surface area contributed by atoms with Gasteiger partial charge in [0, 0.05) is 0 Å². The van der Waals surface area contributed by atoms with E-state index in [1.807, 2.05) is 87.5 Å². The summed E-state index contributed by atoms with van der Waals surface area (Å²) in [6.07, 6.45) is 0. The summed E-state index contributed by atoms with van der Waals surface area (Å²) in [4.78, 5) is 3.40. The Morgan fingerprint density at radius 3 is 1.66 bits per heavy atom. The van der Waals surface area contributed by atoms with E-state index in [9.17, 15) is 8.42 Å². The summed E-state index contributed by atoms with van der Waals surface area (Å²) >= 11 is 0. The normalized spacial score (nSPS) is 11.5. The van der Waals surface area contributed by atoms with E-state index in [4.69, 9.17) is 0 Å². The third-order valence-electron chi connectivity index (χ3n) is 5.12. The second-order valence-corrected chi connectivity index (χ2v) is 11.2.